The fraction of sp³-hybridized carbons (Fsp3) is 0.344. The molecule has 1 atom stereocenters. The molecular weight excluding hydrogens is 579 g/mol. The molecule has 0 bridgehead atoms. The van der Waals surface area contributed by atoms with E-state index in [1.807, 2.05) is 56.4 Å². The van der Waals surface area contributed by atoms with E-state index >= 15 is 0 Å². The van der Waals surface area contributed by atoms with Crippen LogP contribution in [0, 0.1) is 20.8 Å². The Morgan fingerprint density at radius 3 is 2.21 bits per heavy atom. The smallest absolute Gasteiger partial charge is 0.344 e. The normalized spacial score (nSPS) is 11.5. The van der Waals surface area contributed by atoms with Crippen LogP contribution in [-0.2, 0) is 16.0 Å². The summed E-state index contributed by atoms with van der Waals surface area (Å²) in [6, 6.07) is 13.2. The fourth-order valence-electron chi connectivity index (χ4n) is 4.63. The van der Waals surface area contributed by atoms with E-state index in [0.717, 1.165) is 24.1 Å². The number of hydrogen-bond donors (Lipinski definition) is 2. The van der Waals surface area contributed by atoms with Gasteiger partial charge in [0.05, 0.1) is 29.9 Å². The van der Waals surface area contributed by atoms with E-state index < -0.39 is 23.9 Å². The Morgan fingerprint density at radius 2 is 1.60 bits per heavy atom. The van der Waals surface area contributed by atoms with Gasteiger partial charge in [-0.3, -0.25) is 4.79 Å². The van der Waals surface area contributed by atoms with Gasteiger partial charge in [-0.2, -0.15) is 0 Å². The second-order valence-electron chi connectivity index (χ2n) is 9.94. The van der Waals surface area contributed by atoms with E-state index in [9.17, 15) is 14.4 Å². The zero-order valence-electron chi connectivity index (χ0n) is 24.4. The number of halogens is 2. The number of amides is 1. The highest BCUT2D eigenvalue weighted by atomic mass is 35.5. The van der Waals surface area contributed by atoms with Gasteiger partial charge in [0.15, 0.2) is 11.5 Å². The van der Waals surface area contributed by atoms with E-state index in [2.05, 4.69) is 10.6 Å². The Balaban J connectivity index is 2.01. The summed E-state index contributed by atoms with van der Waals surface area (Å²) >= 11 is 13.3. The Bertz CT molecular complexity index is 1410. The summed E-state index contributed by atoms with van der Waals surface area (Å²) in [5.74, 6) is -2.21. The number of rotatable bonds is 13. The highest BCUT2D eigenvalue weighted by Crippen LogP contribution is 2.43. The third kappa shape index (κ3) is 8.47. The highest BCUT2D eigenvalue weighted by molar-refractivity contribution is 6.39. The Hall–Kier alpha value is -3.59. The van der Waals surface area contributed by atoms with Gasteiger partial charge < -0.3 is 24.8 Å². The van der Waals surface area contributed by atoms with Crippen LogP contribution in [0.4, 0.5) is 0 Å². The van der Waals surface area contributed by atoms with Crippen LogP contribution in [0.2, 0.25) is 10.0 Å². The topological polar surface area (TPSA) is 103 Å². The number of carbonyl (C=O) groups is 3. The first-order valence-electron chi connectivity index (χ1n) is 13.6. The minimum Gasteiger partial charge on any atom is -0.490 e. The van der Waals surface area contributed by atoms with Crippen LogP contribution in [0.25, 0.3) is 0 Å². The number of esters is 2. The number of methoxy groups -OCH3 is 1. The van der Waals surface area contributed by atoms with E-state index in [0.29, 0.717) is 29.7 Å². The summed E-state index contributed by atoms with van der Waals surface area (Å²) < 4.78 is 16.6. The zero-order valence-corrected chi connectivity index (χ0v) is 25.9. The molecule has 0 heterocycles. The second kappa shape index (κ2) is 15.6. The molecule has 3 aromatic rings. The van der Waals surface area contributed by atoms with Gasteiger partial charge in [-0.15, -0.1) is 0 Å². The molecule has 42 heavy (non-hydrogen) atoms. The summed E-state index contributed by atoms with van der Waals surface area (Å²) in [7, 11) is 3.10. The van der Waals surface area contributed by atoms with Crippen LogP contribution < -0.4 is 20.1 Å². The predicted molar refractivity (Wildman–Crippen MR) is 164 cm³/mol. The fourth-order valence-corrected chi connectivity index (χ4v) is 5.23. The van der Waals surface area contributed by atoms with E-state index in [4.69, 9.17) is 37.4 Å². The van der Waals surface area contributed by atoms with Crippen LogP contribution in [0.3, 0.4) is 0 Å². The molecular formula is C32H36Cl2N2O6. The quantitative estimate of drug-likeness (QED) is 0.138. The first-order chi connectivity index (χ1) is 20.1. The van der Waals surface area contributed by atoms with Crippen molar-refractivity contribution in [2.75, 3.05) is 27.3 Å². The summed E-state index contributed by atoms with van der Waals surface area (Å²) in [4.78, 5) is 39.7. The van der Waals surface area contributed by atoms with Crippen LogP contribution in [-0.4, -0.2) is 51.2 Å². The molecule has 0 aromatic heterocycles. The van der Waals surface area contributed by atoms with Crippen LogP contribution in [0.1, 0.15) is 55.8 Å². The van der Waals surface area contributed by atoms with Crippen molar-refractivity contribution in [1.82, 2.24) is 10.6 Å². The van der Waals surface area contributed by atoms with Gasteiger partial charge in [-0.25, -0.2) is 9.59 Å². The summed E-state index contributed by atoms with van der Waals surface area (Å²) in [6.07, 6.45) is 1.74. The van der Waals surface area contributed by atoms with Gasteiger partial charge in [0, 0.05) is 6.42 Å². The molecule has 10 heteroatoms. The lowest BCUT2D eigenvalue weighted by Crippen LogP contribution is -2.43. The van der Waals surface area contributed by atoms with E-state index in [1.165, 1.54) is 13.2 Å². The third-order valence-electron chi connectivity index (χ3n) is 6.59. The van der Waals surface area contributed by atoms with Gasteiger partial charge in [0.25, 0.3) is 5.91 Å². The molecule has 0 saturated carbocycles. The summed E-state index contributed by atoms with van der Waals surface area (Å²) in [5.41, 5.74) is 3.44. The van der Waals surface area contributed by atoms with Crippen molar-refractivity contribution in [1.29, 1.82) is 0 Å². The average molecular weight is 616 g/mol. The van der Waals surface area contributed by atoms with Gasteiger partial charge in [-0.1, -0.05) is 71.2 Å². The first-order valence-corrected chi connectivity index (χ1v) is 14.3. The van der Waals surface area contributed by atoms with Crippen molar-refractivity contribution in [3.63, 3.8) is 0 Å². The van der Waals surface area contributed by atoms with Crippen molar-refractivity contribution < 1.29 is 28.6 Å². The number of aryl methyl sites for hydroxylation is 3. The second-order valence-corrected chi connectivity index (χ2v) is 10.7. The number of ether oxygens (including phenoxy) is 3. The van der Waals surface area contributed by atoms with Crippen LogP contribution in [0.5, 0.6) is 11.5 Å². The number of carbonyl (C=O) groups excluding carboxylic acids is 3. The van der Waals surface area contributed by atoms with Crippen molar-refractivity contribution >= 4 is 41.0 Å². The zero-order chi connectivity index (χ0) is 30.8. The molecule has 8 nitrogen and oxygen atoms in total. The monoisotopic (exact) mass is 614 g/mol. The minimum atomic E-state index is -1.03. The van der Waals surface area contributed by atoms with Crippen molar-refractivity contribution in [2.24, 2.45) is 0 Å². The Morgan fingerprint density at radius 1 is 0.929 bits per heavy atom. The number of hydrogen-bond acceptors (Lipinski definition) is 7. The molecule has 0 fully saturated rings. The molecule has 0 saturated heterocycles. The number of benzene rings is 3. The number of nitrogens with one attached hydrogen (secondary N) is 2. The number of unbranched alkanes of at least 4 members (excludes halogenated alkanes) is 1. The molecule has 2 N–H and O–H groups in total. The molecule has 0 spiro atoms. The van der Waals surface area contributed by atoms with Gasteiger partial charge in [0.2, 0.25) is 0 Å². The predicted octanol–water partition coefficient (Wildman–Crippen LogP) is 6.03. The molecule has 0 unspecified atom stereocenters. The van der Waals surface area contributed by atoms with Crippen LogP contribution >= 0.6 is 23.2 Å². The minimum absolute atomic E-state index is 0.0546. The molecule has 0 aliphatic heterocycles. The lowest BCUT2D eigenvalue weighted by atomic mass is 10.00. The standard InChI is InChI=1S/C32H36Cl2N2O6/c1-19-15-20(2)26(21(3)16-19)32(39)42-28-23(18-24(33)29(27(28)34)41-14-10-9-13-35-4)30(37)36-25(31(38)40-5)17-22-11-7-6-8-12-22/h6-8,11-12,15-16,18,25,35H,9-10,13-14,17H2,1-5H3,(H,36,37)/t25-/m0/s1. The molecule has 1 amide bonds. The first kappa shape index (κ1) is 32.9. The molecule has 224 valence electrons. The Kier molecular flexibility index (Phi) is 12.2. The largest absolute Gasteiger partial charge is 0.490 e. The SMILES string of the molecule is CNCCCCOc1c(Cl)cc(C(=O)N[C@@H](Cc2ccccc2)C(=O)OC)c(OC(=O)c2c(C)cc(C)cc2C)c1Cl. The van der Waals surface area contributed by atoms with E-state index in [1.54, 1.807) is 13.8 Å². The highest BCUT2D eigenvalue weighted by Gasteiger charge is 2.29. The molecule has 3 rings (SSSR count). The van der Waals surface area contributed by atoms with Crippen molar-refractivity contribution in [2.45, 2.75) is 46.1 Å². The molecule has 0 aliphatic rings. The van der Waals surface area contributed by atoms with Crippen molar-refractivity contribution in [3.8, 4) is 11.5 Å². The van der Waals surface area contributed by atoms with Gasteiger partial charge in [0.1, 0.15) is 11.1 Å². The summed E-state index contributed by atoms with van der Waals surface area (Å²) in [5, 5.41) is 5.68. The lowest BCUT2D eigenvalue weighted by molar-refractivity contribution is -0.142. The van der Waals surface area contributed by atoms with Gasteiger partial charge in [-0.05, 0) is 70.0 Å². The maximum Gasteiger partial charge on any atom is 0.344 e. The van der Waals surface area contributed by atoms with Crippen LogP contribution in [0.15, 0.2) is 48.5 Å². The summed E-state index contributed by atoms with van der Waals surface area (Å²) in [6.45, 7) is 6.65. The maximum atomic E-state index is 13.7. The molecule has 0 aliphatic carbocycles. The maximum absolute atomic E-state index is 13.7. The van der Waals surface area contributed by atoms with E-state index in [-0.39, 0.29) is 33.5 Å². The Labute approximate surface area is 256 Å². The molecule has 0 radical (unpaired) electrons. The third-order valence-corrected chi connectivity index (χ3v) is 7.22. The lowest BCUT2D eigenvalue weighted by Gasteiger charge is -2.20. The average Bonchev–Trinajstić information content (AvgIpc) is 2.95. The van der Waals surface area contributed by atoms with Crippen molar-refractivity contribution in [3.05, 3.63) is 92.0 Å². The molecule has 3 aromatic carbocycles. The van der Waals surface area contributed by atoms with Gasteiger partial charge >= 0.3 is 11.9 Å².